The monoisotopic (exact) mass is 260 g/mol. The Morgan fingerprint density at radius 2 is 1.74 bits per heavy atom. The summed E-state index contributed by atoms with van der Waals surface area (Å²) in [7, 11) is 2.21. The average Bonchev–Trinajstić information content (AvgIpc) is 2.42. The van der Waals surface area contributed by atoms with Crippen molar-refractivity contribution in [2.24, 2.45) is 0 Å². The number of aryl methyl sites for hydroxylation is 1. The van der Waals surface area contributed by atoms with E-state index in [0.29, 0.717) is 0 Å². The summed E-state index contributed by atoms with van der Waals surface area (Å²) < 4.78 is 0. The molecule has 2 rings (SSSR count). The fraction of sp³-hybridized carbons (Fsp3) is 0.647. The third-order valence-corrected chi connectivity index (χ3v) is 4.06. The lowest BCUT2D eigenvalue weighted by atomic mass is 10.0. The van der Waals surface area contributed by atoms with Gasteiger partial charge in [0.1, 0.15) is 0 Å². The van der Waals surface area contributed by atoms with Gasteiger partial charge in [-0.15, -0.1) is 0 Å². The Hall–Kier alpha value is -0.860. The lowest BCUT2D eigenvalue weighted by molar-refractivity contribution is 0.148. The lowest BCUT2D eigenvalue weighted by Crippen LogP contribution is -2.43. The first kappa shape index (κ1) is 14.5. The van der Waals surface area contributed by atoms with Crippen molar-refractivity contribution >= 4 is 0 Å². The molecule has 0 unspecified atom stereocenters. The summed E-state index contributed by atoms with van der Waals surface area (Å²) in [5.41, 5.74) is 3.00. The molecule has 0 spiro atoms. The highest BCUT2D eigenvalue weighted by Crippen LogP contribution is 2.12. The van der Waals surface area contributed by atoms with E-state index in [1.807, 2.05) is 0 Å². The molecule has 1 fully saturated rings. The fourth-order valence-corrected chi connectivity index (χ4v) is 2.73. The molecule has 0 radical (unpaired) electrons. The second kappa shape index (κ2) is 7.66. The van der Waals surface area contributed by atoms with Crippen LogP contribution in [-0.2, 0) is 13.0 Å². The molecule has 0 aromatic heterocycles. The highest BCUT2D eigenvalue weighted by molar-refractivity contribution is 5.23. The highest BCUT2D eigenvalue weighted by Gasteiger charge is 2.13. The summed E-state index contributed by atoms with van der Waals surface area (Å²) in [6, 6.07) is 9.20. The van der Waals surface area contributed by atoms with Gasteiger partial charge in [0.15, 0.2) is 0 Å². The Morgan fingerprint density at radius 1 is 1.00 bits per heavy atom. The lowest BCUT2D eigenvalue weighted by Gasteiger charge is -2.32. The van der Waals surface area contributed by atoms with E-state index in [0.717, 1.165) is 6.54 Å². The van der Waals surface area contributed by atoms with Crippen LogP contribution in [0.4, 0.5) is 0 Å². The molecule has 0 aliphatic carbocycles. The van der Waals surface area contributed by atoms with Gasteiger partial charge in [-0.25, -0.2) is 0 Å². The van der Waals surface area contributed by atoms with Crippen molar-refractivity contribution in [3.8, 4) is 0 Å². The van der Waals surface area contributed by atoms with Gasteiger partial charge in [0.05, 0.1) is 0 Å². The van der Waals surface area contributed by atoms with Gasteiger partial charge < -0.3 is 4.90 Å². The molecule has 2 nitrogen and oxygen atoms in total. The number of piperazine rings is 1. The Labute approximate surface area is 118 Å². The maximum absolute atomic E-state index is 2.57. The van der Waals surface area contributed by atoms with E-state index in [1.54, 1.807) is 0 Å². The number of likely N-dealkylation sites (N-methyl/N-ethyl adjacent to an activating group) is 1. The summed E-state index contributed by atoms with van der Waals surface area (Å²) >= 11 is 0. The van der Waals surface area contributed by atoms with Gasteiger partial charge >= 0.3 is 0 Å². The Morgan fingerprint density at radius 3 is 2.47 bits per heavy atom. The van der Waals surface area contributed by atoms with Gasteiger partial charge in [-0.05, 0) is 31.0 Å². The molecule has 0 amide bonds. The summed E-state index contributed by atoms with van der Waals surface area (Å²) in [6.45, 7) is 8.21. The van der Waals surface area contributed by atoms with Crippen LogP contribution in [0.15, 0.2) is 24.3 Å². The topological polar surface area (TPSA) is 6.48 Å². The fourth-order valence-electron chi connectivity index (χ4n) is 2.73. The van der Waals surface area contributed by atoms with Crippen molar-refractivity contribution in [3.05, 3.63) is 35.4 Å². The van der Waals surface area contributed by atoms with Gasteiger partial charge in [-0.2, -0.15) is 0 Å². The molecular weight excluding hydrogens is 232 g/mol. The molecule has 1 heterocycles. The standard InChI is InChI=1S/C17H28N2/c1-3-4-5-7-16-8-6-9-17(14-16)15-19-12-10-18(2)11-13-19/h6,8-9,14H,3-5,7,10-13,15H2,1-2H3. The average molecular weight is 260 g/mol. The zero-order valence-electron chi connectivity index (χ0n) is 12.6. The minimum atomic E-state index is 1.12. The number of hydrogen-bond donors (Lipinski definition) is 0. The molecule has 1 saturated heterocycles. The minimum Gasteiger partial charge on any atom is -0.304 e. The van der Waals surface area contributed by atoms with E-state index in [-0.39, 0.29) is 0 Å². The van der Waals surface area contributed by atoms with Crippen LogP contribution in [0, 0.1) is 0 Å². The zero-order valence-corrected chi connectivity index (χ0v) is 12.6. The van der Waals surface area contributed by atoms with Crippen molar-refractivity contribution in [3.63, 3.8) is 0 Å². The normalized spacial score (nSPS) is 17.8. The van der Waals surface area contributed by atoms with Gasteiger partial charge in [0, 0.05) is 32.7 Å². The molecule has 19 heavy (non-hydrogen) atoms. The maximum atomic E-state index is 2.57. The first-order valence-electron chi connectivity index (χ1n) is 7.76. The Kier molecular flexibility index (Phi) is 5.87. The molecular formula is C17H28N2. The third kappa shape index (κ3) is 4.96. The van der Waals surface area contributed by atoms with Crippen LogP contribution in [0.5, 0.6) is 0 Å². The molecule has 1 aromatic rings. The minimum absolute atomic E-state index is 1.12. The molecule has 2 heteroatoms. The van der Waals surface area contributed by atoms with Crippen molar-refractivity contribution < 1.29 is 0 Å². The largest absolute Gasteiger partial charge is 0.304 e. The van der Waals surface area contributed by atoms with Crippen LogP contribution in [0.2, 0.25) is 0 Å². The van der Waals surface area contributed by atoms with E-state index in [9.17, 15) is 0 Å². The predicted molar refractivity (Wildman–Crippen MR) is 82.4 cm³/mol. The van der Waals surface area contributed by atoms with Crippen LogP contribution >= 0.6 is 0 Å². The van der Waals surface area contributed by atoms with Gasteiger partial charge in [0.25, 0.3) is 0 Å². The quantitative estimate of drug-likeness (QED) is 0.725. The smallest absolute Gasteiger partial charge is 0.0234 e. The van der Waals surface area contributed by atoms with E-state index >= 15 is 0 Å². The summed E-state index contributed by atoms with van der Waals surface area (Å²) in [5.74, 6) is 0. The van der Waals surface area contributed by atoms with Gasteiger partial charge in [0.2, 0.25) is 0 Å². The Balaban J connectivity index is 1.84. The second-order valence-corrected chi connectivity index (χ2v) is 5.86. The van der Waals surface area contributed by atoms with Crippen LogP contribution < -0.4 is 0 Å². The van der Waals surface area contributed by atoms with Crippen LogP contribution in [-0.4, -0.2) is 43.0 Å². The number of hydrogen-bond acceptors (Lipinski definition) is 2. The maximum Gasteiger partial charge on any atom is 0.0234 e. The molecule has 0 atom stereocenters. The van der Waals surface area contributed by atoms with Crippen molar-refractivity contribution in [1.82, 2.24) is 9.80 Å². The van der Waals surface area contributed by atoms with Crippen molar-refractivity contribution in [2.45, 2.75) is 39.2 Å². The molecule has 1 aliphatic rings. The van der Waals surface area contributed by atoms with Gasteiger partial charge in [-0.3, -0.25) is 4.90 Å². The van der Waals surface area contributed by atoms with E-state index in [1.165, 1.54) is 63.0 Å². The third-order valence-electron chi connectivity index (χ3n) is 4.06. The molecule has 0 bridgehead atoms. The molecule has 106 valence electrons. The number of benzene rings is 1. The van der Waals surface area contributed by atoms with Crippen LogP contribution in [0.3, 0.4) is 0 Å². The first-order chi connectivity index (χ1) is 9.28. The zero-order chi connectivity index (χ0) is 13.5. The van der Waals surface area contributed by atoms with Crippen LogP contribution in [0.1, 0.15) is 37.3 Å². The number of nitrogens with zero attached hydrogens (tertiary/aromatic N) is 2. The highest BCUT2D eigenvalue weighted by atomic mass is 15.2. The number of rotatable bonds is 6. The van der Waals surface area contributed by atoms with E-state index in [2.05, 4.69) is 48.0 Å². The first-order valence-corrected chi connectivity index (χ1v) is 7.76. The van der Waals surface area contributed by atoms with Crippen LogP contribution in [0.25, 0.3) is 0 Å². The van der Waals surface area contributed by atoms with E-state index in [4.69, 9.17) is 0 Å². The van der Waals surface area contributed by atoms with Crippen molar-refractivity contribution in [1.29, 1.82) is 0 Å². The predicted octanol–water partition coefficient (Wildman–Crippen LogP) is 3.17. The SMILES string of the molecule is CCCCCc1cccc(CN2CCN(C)CC2)c1. The molecule has 1 aromatic carbocycles. The van der Waals surface area contributed by atoms with Crippen molar-refractivity contribution in [2.75, 3.05) is 33.2 Å². The molecule has 0 N–H and O–H groups in total. The molecule has 0 saturated carbocycles. The molecule has 1 aliphatic heterocycles. The number of unbranched alkanes of at least 4 members (excludes halogenated alkanes) is 2. The van der Waals surface area contributed by atoms with Gasteiger partial charge in [-0.1, -0.05) is 44.0 Å². The summed E-state index contributed by atoms with van der Waals surface area (Å²) in [4.78, 5) is 4.99. The second-order valence-electron chi connectivity index (χ2n) is 5.86. The summed E-state index contributed by atoms with van der Waals surface area (Å²) in [5, 5.41) is 0. The Bertz CT molecular complexity index is 367. The summed E-state index contributed by atoms with van der Waals surface area (Å²) in [6.07, 6.45) is 5.22. The van der Waals surface area contributed by atoms with E-state index < -0.39 is 0 Å².